The minimum Gasteiger partial charge on any atom is -0.726 e. The Morgan fingerprint density at radius 1 is 0.391 bits per heavy atom. The van der Waals surface area contributed by atoms with Crippen molar-refractivity contribution in [2.45, 2.75) is 245 Å². The van der Waals surface area contributed by atoms with E-state index in [-0.39, 0.29) is 42.1 Å². The molecule has 6 heteroatoms. The molecule has 46 heavy (non-hydrogen) atoms. The van der Waals surface area contributed by atoms with Crippen LogP contribution in [-0.2, 0) is 14.6 Å². The fourth-order valence-corrected chi connectivity index (χ4v) is 7.17. The van der Waals surface area contributed by atoms with Crippen molar-refractivity contribution in [3.63, 3.8) is 0 Å². The normalized spacial score (nSPS) is 12.4. The molecule has 0 N–H and O–H groups in total. The Bertz CT molecular complexity index is 658. The maximum absolute atomic E-state index is 11.0. The van der Waals surface area contributed by atoms with Gasteiger partial charge in [-0.25, -0.2) is 8.42 Å². The van der Waals surface area contributed by atoms with Crippen molar-refractivity contribution >= 4 is 10.4 Å². The standard InChI is InChI=1S/C40H82O4S.Na/c1-3-5-7-9-11-13-15-17-19-21-22-24-26-28-30-32-34-36-38-40(39-44-45(41,42)43)37-35-33-31-29-27-25-23-20-18-16-14-12-10-8-6-4-2;/h40H,3-39H2,1-2H3,(H,41,42,43);/q;+1/p-1. The predicted octanol–water partition coefficient (Wildman–Crippen LogP) is 11.2. The van der Waals surface area contributed by atoms with Gasteiger partial charge in [0.25, 0.3) is 0 Å². The first-order chi connectivity index (χ1) is 22.0. The molecule has 0 bridgehead atoms. The van der Waals surface area contributed by atoms with Crippen LogP contribution in [0.5, 0.6) is 0 Å². The first-order valence-corrected chi connectivity index (χ1v) is 21.9. The molecule has 0 radical (unpaired) electrons. The molecule has 1 atom stereocenters. The molecule has 0 saturated carbocycles. The van der Waals surface area contributed by atoms with Crippen LogP contribution in [0.3, 0.4) is 0 Å². The van der Waals surface area contributed by atoms with Crippen LogP contribution >= 0.6 is 0 Å². The smallest absolute Gasteiger partial charge is 0.726 e. The second kappa shape index (κ2) is 40.3. The summed E-state index contributed by atoms with van der Waals surface area (Å²) in [6.07, 6.45) is 48.3. The van der Waals surface area contributed by atoms with Crippen LogP contribution < -0.4 is 29.6 Å². The number of rotatable bonds is 39. The molecule has 0 saturated heterocycles. The maximum Gasteiger partial charge on any atom is 1.00 e. The molecule has 0 rings (SSSR count). The fourth-order valence-electron chi connectivity index (χ4n) is 6.81. The topological polar surface area (TPSA) is 66.4 Å². The van der Waals surface area contributed by atoms with Crippen LogP contribution in [0.2, 0.25) is 0 Å². The molecule has 0 amide bonds. The van der Waals surface area contributed by atoms with Gasteiger partial charge in [-0.15, -0.1) is 0 Å². The van der Waals surface area contributed by atoms with Gasteiger partial charge in [-0.2, -0.15) is 0 Å². The van der Waals surface area contributed by atoms with Gasteiger partial charge in [-0.3, -0.25) is 4.18 Å². The average Bonchev–Trinajstić information content (AvgIpc) is 3.02. The largest absolute Gasteiger partial charge is 1.00 e. The Hall–Kier alpha value is 0.870. The minimum atomic E-state index is -4.59. The molecule has 272 valence electrons. The molecule has 0 aliphatic rings. The van der Waals surface area contributed by atoms with Crippen LogP contribution in [0.15, 0.2) is 0 Å². The third-order valence-corrected chi connectivity index (χ3v) is 10.3. The van der Waals surface area contributed by atoms with Crippen molar-refractivity contribution in [2.24, 2.45) is 5.92 Å². The summed E-state index contributed by atoms with van der Waals surface area (Å²) in [5.41, 5.74) is 0. The first-order valence-electron chi connectivity index (χ1n) is 20.6. The van der Waals surface area contributed by atoms with Crippen molar-refractivity contribution in [3.05, 3.63) is 0 Å². The molecule has 0 spiro atoms. The third-order valence-electron chi connectivity index (χ3n) is 9.88. The monoisotopic (exact) mass is 681 g/mol. The van der Waals surface area contributed by atoms with Crippen LogP contribution in [0.4, 0.5) is 0 Å². The van der Waals surface area contributed by atoms with E-state index in [4.69, 9.17) is 0 Å². The number of unbranched alkanes of at least 4 members (excludes halogenated alkanes) is 32. The molecule has 4 nitrogen and oxygen atoms in total. The summed E-state index contributed by atoms with van der Waals surface area (Å²) in [4.78, 5) is 0. The van der Waals surface area contributed by atoms with Crippen LogP contribution in [0.25, 0.3) is 0 Å². The SMILES string of the molecule is CCCCCCCCCCCCCCCCCCCCC(CCCCCCCCCCCCCCCCCC)COS(=O)(=O)[O-].[Na+]. The molecular formula is C40H81NaO4S. The van der Waals surface area contributed by atoms with Gasteiger partial charge in [0.1, 0.15) is 0 Å². The van der Waals surface area contributed by atoms with Gasteiger partial charge >= 0.3 is 29.6 Å². The van der Waals surface area contributed by atoms with Crippen molar-refractivity contribution < 1.29 is 46.7 Å². The Kier molecular flexibility index (Phi) is 42.9. The zero-order valence-corrected chi connectivity index (χ0v) is 34.6. The van der Waals surface area contributed by atoms with Gasteiger partial charge < -0.3 is 4.55 Å². The van der Waals surface area contributed by atoms with Crippen LogP contribution in [-0.4, -0.2) is 19.6 Å². The second-order valence-corrected chi connectivity index (χ2v) is 15.5. The van der Waals surface area contributed by atoms with E-state index in [9.17, 15) is 13.0 Å². The second-order valence-electron chi connectivity index (χ2n) is 14.4. The Labute approximate surface area is 312 Å². The Balaban J connectivity index is 0. The van der Waals surface area contributed by atoms with Crippen molar-refractivity contribution in [1.82, 2.24) is 0 Å². The van der Waals surface area contributed by atoms with Crippen LogP contribution in [0.1, 0.15) is 245 Å². The molecular weight excluding hydrogens is 599 g/mol. The number of hydrogen-bond donors (Lipinski definition) is 0. The van der Waals surface area contributed by atoms with Crippen molar-refractivity contribution in [3.8, 4) is 0 Å². The molecule has 1 unspecified atom stereocenters. The van der Waals surface area contributed by atoms with E-state index in [0.29, 0.717) is 0 Å². The van der Waals surface area contributed by atoms with E-state index < -0.39 is 10.4 Å². The molecule has 0 aromatic rings. The minimum absolute atomic E-state index is 0. The molecule has 0 aliphatic carbocycles. The molecule has 0 heterocycles. The molecule has 0 aliphatic heterocycles. The molecule has 0 aromatic carbocycles. The van der Waals surface area contributed by atoms with Gasteiger partial charge in [0, 0.05) is 0 Å². The van der Waals surface area contributed by atoms with Crippen LogP contribution in [0, 0.1) is 5.92 Å². The number of hydrogen-bond acceptors (Lipinski definition) is 4. The van der Waals surface area contributed by atoms with E-state index in [1.54, 1.807) is 0 Å². The summed E-state index contributed by atoms with van der Waals surface area (Å²) in [5.74, 6) is 0.196. The van der Waals surface area contributed by atoms with Gasteiger partial charge in [0.05, 0.1) is 6.61 Å². The van der Waals surface area contributed by atoms with Gasteiger partial charge in [0.2, 0.25) is 10.4 Å². The summed E-state index contributed by atoms with van der Waals surface area (Å²) in [6.45, 7) is 4.64. The summed E-state index contributed by atoms with van der Waals surface area (Å²) >= 11 is 0. The summed E-state index contributed by atoms with van der Waals surface area (Å²) < 4.78 is 37.7. The summed E-state index contributed by atoms with van der Waals surface area (Å²) in [6, 6.07) is 0. The first kappa shape index (κ1) is 49.0. The molecule has 0 fully saturated rings. The van der Waals surface area contributed by atoms with Crippen molar-refractivity contribution in [2.75, 3.05) is 6.61 Å². The van der Waals surface area contributed by atoms with Gasteiger partial charge in [0.15, 0.2) is 0 Å². The van der Waals surface area contributed by atoms with Gasteiger partial charge in [-0.1, -0.05) is 232 Å². The zero-order chi connectivity index (χ0) is 32.9. The summed E-state index contributed by atoms with van der Waals surface area (Å²) in [5, 5.41) is 0. The Morgan fingerprint density at radius 3 is 0.783 bits per heavy atom. The van der Waals surface area contributed by atoms with E-state index in [1.807, 2.05) is 0 Å². The maximum atomic E-state index is 11.0. The third kappa shape index (κ3) is 42.9. The summed E-state index contributed by atoms with van der Waals surface area (Å²) in [7, 11) is -4.59. The quantitative estimate of drug-likeness (QED) is 0.0280. The fraction of sp³-hybridized carbons (Fsp3) is 1.00. The van der Waals surface area contributed by atoms with Gasteiger partial charge in [-0.05, 0) is 18.8 Å². The average molecular weight is 681 g/mol. The Morgan fingerprint density at radius 2 is 0.587 bits per heavy atom. The van der Waals surface area contributed by atoms with E-state index >= 15 is 0 Å². The van der Waals surface area contributed by atoms with E-state index in [0.717, 1.165) is 25.7 Å². The van der Waals surface area contributed by atoms with Crippen molar-refractivity contribution in [1.29, 1.82) is 0 Å². The molecule has 0 aromatic heterocycles. The van der Waals surface area contributed by atoms with E-state index in [1.165, 1.54) is 205 Å². The zero-order valence-electron chi connectivity index (χ0n) is 31.8. The predicted molar refractivity (Wildman–Crippen MR) is 197 cm³/mol. The van der Waals surface area contributed by atoms with E-state index in [2.05, 4.69) is 18.0 Å².